The van der Waals surface area contributed by atoms with Crippen molar-refractivity contribution in [2.24, 2.45) is 22.7 Å². The highest BCUT2D eigenvalue weighted by Gasteiger charge is 2.94. The van der Waals surface area contributed by atoms with Gasteiger partial charge in [0.25, 0.3) is 0 Å². The molecule has 4 aliphatic rings. The number of allylic oxidation sites excluding steroid dienone is 5. The van der Waals surface area contributed by atoms with Crippen molar-refractivity contribution in [3.63, 3.8) is 0 Å². The van der Waals surface area contributed by atoms with Crippen LogP contribution in [0, 0.1) is 45.3 Å². The van der Waals surface area contributed by atoms with Crippen molar-refractivity contribution >= 4 is 5.57 Å². The number of benzene rings is 2. The van der Waals surface area contributed by atoms with E-state index in [1.54, 1.807) is 12.1 Å². The molecule has 1 spiro atoms. The van der Waals surface area contributed by atoms with Crippen molar-refractivity contribution in [1.29, 1.82) is 10.5 Å². The predicted octanol–water partition coefficient (Wildman–Crippen LogP) is 6.71. The van der Waals surface area contributed by atoms with Gasteiger partial charge in [0.05, 0.1) is 29.9 Å². The predicted molar refractivity (Wildman–Crippen MR) is 135 cm³/mol. The third kappa shape index (κ3) is 3.05. The van der Waals surface area contributed by atoms with Crippen LogP contribution in [0.15, 0.2) is 78.0 Å². The lowest BCUT2D eigenvalue weighted by molar-refractivity contribution is 0.113. The van der Waals surface area contributed by atoms with Crippen molar-refractivity contribution in [2.75, 3.05) is 6.67 Å². The van der Waals surface area contributed by atoms with Crippen molar-refractivity contribution in [3.05, 3.63) is 100 Å². The molecule has 6 unspecified atom stereocenters. The van der Waals surface area contributed by atoms with Gasteiger partial charge in [-0.1, -0.05) is 43.3 Å². The van der Waals surface area contributed by atoms with E-state index < -0.39 is 18.9 Å². The first-order valence-corrected chi connectivity index (χ1v) is 12.6. The van der Waals surface area contributed by atoms with Crippen LogP contribution in [-0.4, -0.2) is 13.0 Å². The molecular formula is C31H27F2N3. The maximum atomic E-state index is 15.8. The van der Waals surface area contributed by atoms with Crippen molar-refractivity contribution in [3.8, 4) is 12.1 Å². The Hall–Kier alpha value is -3.70. The number of alkyl halides is 2. The Balaban J connectivity index is 1.46. The summed E-state index contributed by atoms with van der Waals surface area (Å²) >= 11 is 0. The molecule has 2 aromatic rings. The van der Waals surface area contributed by atoms with Crippen LogP contribution in [0.3, 0.4) is 0 Å². The van der Waals surface area contributed by atoms with Gasteiger partial charge in [-0.05, 0) is 77.6 Å². The maximum absolute atomic E-state index is 15.8. The summed E-state index contributed by atoms with van der Waals surface area (Å²) in [6.45, 7) is 1.35. The molecule has 1 heterocycles. The number of nitriles is 2. The third-order valence-electron chi connectivity index (χ3n) is 9.06. The third-order valence-corrected chi connectivity index (χ3v) is 9.06. The summed E-state index contributed by atoms with van der Waals surface area (Å²) in [5, 5.41) is 21.4. The van der Waals surface area contributed by atoms with E-state index in [-0.39, 0.29) is 22.7 Å². The van der Waals surface area contributed by atoms with E-state index in [0.717, 1.165) is 36.0 Å². The van der Waals surface area contributed by atoms with Crippen LogP contribution in [0.2, 0.25) is 0 Å². The number of nitrogens with zero attached hydrogens (tertiary/aromatic N) is 2. The Labute approximate surface area is 210 Å². The van der Waals surface area contributed by atoms with Crippen LogP contribution in [0.5, 0.6) is 0 Å². The van der Waals surface area contributed by atoms with Gasteiger partial charge in [0, 0.05) is 28.5 Å². The lowest BCUT2D eigenvalue weighted by atomic mass is 9.77. The molecular weight excluding hydrogens is 452 g/mol. The lowest BCUT2D eigenvalue weighted by Gasteiger charge is -2.27. The summed E-state index contributed by atoms with van der Waals surface area (Å²) in [5.41, 5.74) is 5.51. The number of hydrogen-bond donors (Lipinski definition) is 1. The van der Waals surface area contributed by atoms with E-state index in [0.29, 0.717) is 16.8 Å². The number of halogens is 2. The molecule has 5 heteroatoms. The molecule has 36 heavy (non-hydrogen) atoms. The Morgan fingerprint density at radius 3 is 2.36 bits per heavy atom. The van der Waals surface area contributed by atoms with Gasteiger partial charge in [-0.3, -0.25) is 4.39 Å². The minimum atomic E-state index is -1.47. The van der Waals surface area contributed by atoms with E-state index in [9.17, 15) is 14.9 Å². The molecule has 1 N–H and O–H groups in total. The van der Waals surface area contributed by atoms with Crippen LogP contribution >= 0.6 is 0 Å². The summed E-state index contributed by atoms with van der Waals surface area (Å²) in [6, 6.07) is 19.3. The molecule has 6 atom stereocenters. The zero-order chi connectivity index (χ0) is 25.1. The first-order chi connectivity index (χ1) is 17.5. The Morgan fingerprint density at radius 2 is 1.75 bits per heavy atom. The van der Waals surface area contributed by atoms with Gasteiger partial charge in [-0.2, -0.15) is 10.5 Å². The quantitative estimate of drug-likeness (QED) is 0.485. The zero-order valence-corrected chi connectivity index (χ0v) is 20.1. The van der Waals surface area contributed by atoms with Gasteiger partial charge < -0.3 is 5.32 Å². The van der Waals surface area contributed by atoms with E-state index in [4.69, 9.17) is 0 Å². The van der Waals surface area contributed by atoms with Crippen molar-refractivity contribution in [1.82, 2.24) is 5.32 Å². The monoisotopic (exact) mass is 479 g/mol. The summed E-state index contributed by atoms with van der Waals surface area (Å²) < 4.78 is 30.2. The van der Waals surface area contributed by atoms with Crippen LogP contribution in [0.1, 0.15) is 54.4 Å². The number of nitrogens with one attached hydrogen (secondary N) is 1. The van der Waals surface area contributed by atoms with Gasteiger partial charge in [-0.15, -0.1) is 0 Å². The molecule has 0 radical (unpaired) electrons. The highest BCUT2D eigenvalue weighted by molar-refractivity contribution is 5.80. The zero-order valence-electron chi connectivity index (χ0n) is 20.1. The maximum Gasteiger partial charge on any atom is 0.176 e. The molecule has 0 amide bonds. The van der Waals surface area contributed by atoms with Crippen LogP contribution in [0.25, 0.3) is 5.57 Å². The first kappa shape index (κ1) is 22.7. The molecule has 0 aromatic heterocycles. The summed E-state index contributed by atoms with van der Waals surface area (Å²) in [6.07, 6.45) is 7.46. The molecule has 3 nitrogen and oxygen atoms in total. The van der Waals surface area contributed by atoms with Crippen molar-refractivity contribution in [2.45, 2.75) is 38.4 Å². The molecule has 2 saturated carbocycles. The first-order valence-electron chi connectivity index (χ1n) is 12.6. The molecule has 3 aliphatic carbocycles. The smallest absolute Gasteiger partial charge is 0.176 e. The molecule has 2 fully saturated rings. The van der Waals surface area contributed by atoms with Crippen LogP contribution in [-0.2, 0) is 0 Å². The molecule has 180 valence electrons. The van der Waals surface area contributed by atoms with E-state index in [1.165, 1.54) is 5.57 Å². The largest absolute Gasteiger partial charge is 0.355 e. The Morgan fingerprint density at radius 1 is 1.08 bits per heavy atom. The second-order valence-corrected chi connectivity index (χ2v) is 10.5. The highest BCUT2D eigenvalue weighted by Crippen LogP contribution is 2.98. The lowest BCUT2D eigenvalue weighted by Crippen LogP contribution is -2.37. The second-order valence-electron chi connectivity index (χ2n) is 10.5. The topological polar surface area (TPSA) is 59.6 Å². The average Bonchev–Trinajstić information content (AvgIpc) is 3.74. The van der Waals surface area contributed by atoms with Crippen molar-refractivity contribution < 1.29 is 8.78 Å². The standard InChI is InChI=1S/C31H27F2N3/c1-2-3-25(22-10-6-20(17-35)7-11-22)27-14-24-12-23(21-8-4-19(16-34)5-9-21)13-28-30(24)18-31(28,30)26(15-32)29(33)36-27/h3-12,14,23,26,28-29,36H,2,13,15,18H2,1H3/b25-3-,27-14?. The van der Waals surface area contributed by atoms with Gasteiger partial charge in [0.1, 0.15) is 0 Å². The van der Waals surface area contributed by atoms with E-state index in [2.05, 4.69) is 35.7 Å². The summed E-state index contributed by atoms with van der Waals surface area (Å²) in [7, 11) is 0. The average molecular weight is 480 g/mol. The van der Waals surface area contributed by atoms with Gasteiger partial charge in [0.2, 0.25) is 0 Å². The Bertz CT molecular complexity index is 1390. The minimum absolute atomic E-state index is 0.119. The fraction of sp³-hybridized carbons (Fsp3) is 0.355. The van der Waals surface area contributed by atoms with E-state index in [1.807, 2.05) is 43.3 Å². The molecule has 0 saturated heterocycles. The van der Waals surface area contributed by atoms with Crippen LogP contribution in [0.4, 0.5) is 8.78 Å². The van der Waals surface area contributed by atoms with E-state index >= 15 is 4.39 Å². The summed E-state index contributed by atoms with van der Waals surface area (Å²) in [5.74, 6) is -0.260. The molecule has 1 aliphatic heterocycles. The minimum Gasteiger partial charge on any atom is -0.355 e. The normalized spacial score (nSPS) is 33.8. The SMILES string of the molecule is CC/C=C(\C1=CC2=CC(c3ccc(C#N)cc3)CC3C24CC34C(CF)C(F)N1)c1ccc(C#N)cc1. The van der Waals surface area contributed by atoms with Crippen LogP contribution < -0.4 is 5.32 Å². The van der Waals surface area contributed by atoms with Gasteiger partial charge in [0.15, 0.2) is 6.30 Å². The highest BCUT2D eigenvalue weighted by atomic mass is 19.1. The second kappa shape index (κ2) is 8.17. The fourth-order valence-electron chi connectivity index (χ4n) is 7.25. The molecule has 0 bridgehead atoms. The number of rotatable bonds is 5. The molecule has 2 aromatic carbocycles. The van der Waals surface area contributed by atoms with Gasteiger partial charge in [-0.25, -0.2) is 4.39 Å². The Kier molecular flexibility index (Phi) is 5.16. The number of hydrogen-bond acceptors (Lipinski definition) is 3. The molecule has 6 rings (SSSR count). The summed E-state index contributed by atoms with van der Waals surface area (Å²) in [4.78, 5) is 0. The fourth-order valence-corrected chi connectivity index (χ4v) is 7.25. The van der Waals surface area contributed by atoms with Gasteiger partial charge >= 0.3 is 0 Å².